The van der Waals surface area contributed by atoms with Gasteiger partial charge in [0, 0.05) is 0 Å². The third kappa shape index (κ3) is 2.75. The molecular formula is C14H21NO3. The van der Waals surface area contributed by atoms with Crippen molar-refractivity contribution in [3.05, 3.63) is 24.2 Å². The van der Waals surface area contributed by atoms with Crippen LogP contribution in [0.25, 0.3) is 0 Å². The lowest BCUT2D eigenvalue weighted by Gasteiger charge is -2.33. The third-order valence-electron chi connectivity index (χ3n) is 3.74. The van der Waals surface area contributed by atoms with Gasteiger partial charge in [0.15, 0.2) is 0 Å². The summed E-state index contributed by atoms with van der Waals surface area (Å²) in [6, 6.07) is 3.52. The van der Waals surface area contributed by atoms with E-state index in [0.29, 0.717) is 0 Å². The second-order valence-electron chi connectivity index (χ2n) is 4.88. The highest BCUT2D eigenvalue weighted by Gasteiger charge is 2.33. The molecule has 1 aromatic heterocycles. The van der Waals surface area contributed by atoms with Gasteiger partial charge in [0.05, 0.1) is 12.3 Å². The average molecular weight is 251 g/mol. The van der Waals surface area contributed by atoms with E-state index in [9.17, 15) is 9.90 Å². The van der Waals surface area contributed by atoms with Crippen LogP contribution in [0.4, 0.5) is 0 Å². The molecule has 100 valence electrons. The topological polar surface area (TPSA) is 53.7 Å². The van der Waals surface area contributed by atoms with E-state index >= 15 is 0 Å². The first-order valence-electron chi connectivity index (χ1n) is 6.76. The molecule has 0 radical (unpaired) electrons. The van der Waals surface area contributed by atoms with E-state index in [-0.39, 0.29) is 12.1 Å². The zero-order valence-corrected chi connectivity index (χ0v) is 10.8. The summed E-state index contributed by atoms with van der Waals surface area (Å²) >= 11 is 0. The molecule has 1 fully saturated rings. The van der Waals surface area contributed by atoms with Crippen LogP contribution in [0, 0.1) is 0 Å². The first-order chi connectivity index (χ1) is 8.74. The van der Waals surface area contributed by atoms with E-state index in [1.165, 1.54) is 0 Å². The Hall–Kier alpha value is -1.29. The molecule has 18 heavy (non-hydrogen) atoms. The van der Waals surface area contributed by atoms with Crippen LogP contribution in [0.15, 0.2) is 22.8 Å². The summed E-state index contributed by atoms with van der Waals surface area (Å²) < 4.78 is 5.47. The summed E-state index contributed by atoms with van der Waals surface area (Å²) in [4.78, 5) is 13.5. The standard InChI is InChI=1S/C14H21NO3/c1-2-11(13-8-6-10-18-13)15-9-5-3-4-7-12(15)14(16)17/h6,8,10-12H,2-5,7,9H2,1H3,(H,16,17). The van der Waals surface area contributed by atoms with Crippen LogP contribution in [0.5, 0.6) is 0 Å². The lowest BCUT2D eigenvalue weighted by molar-refractivity contribution is -0.144. The van der Waals surface area contributed by atoms with Crippen molar-refractivity contribution in [2.24, 2.45) is 0 Å². The van der Waals surface area contributed by atoms with Crippen molar-refractivity contribution in [2.75, 3.05) is 6.54 Å². The van der Waals surface area contributed by atoms with E-state index in [1.54, 1.807) is 6.26 Å². The number of carbonyl (C=O) groups is 1. The smallest absolute Gasteiger partial charge is 0.320 e. The highest BCUT2D eigenvalue weighted by atomic mass is 16.4. The van der Waals surface area contributed by atoms with E-state index in [2.05, 4.69) is 11.8 Å². The molecule has 4 heteroatoms. The molecule has 0 bridgehead atoms. The second-order valence-corrected chi connectivity index (χ2v) is 4.88. The number of nitrogens with zero attached hydrogens (tertiary/aromatic N) is 1. The molecule has 2 unspecified atom stereocenters. The number of likely N-dealkylation sites (tertiary alicyclic amines) is 1. The Kier molecular flexibility index (Phi) is 4.42. The first-order valence-corrected chi connectivity index (χ1v) is 6.76. The van der Waals surface area contributed by atoms with Gasteiger partial charge in [-0.1, -0.05) is 19.8 Å². The fraction of sp³-hybridized carbons (Fsp3) is 0.643. The van der Waals surface area contributed by atoms with Gasteiger partial charge in [-0.15, -0.1) is 0 Å². The van der Waals surface area contributed by atoms with Crippen molar-refractivity contribution < 1.29 is 14.3 Å². The molecule has 4 nitrogen and oxygen atoms in total. The van der Waals surface area contributed by atoms with E-state index < -0.39 is 5.97 Å². The summed E-state index contributed by atoms with van der Waals surface area (Å²) in [6.07, 6.45) is 6.47. The van der Waals surface area contributed by atoms with Gasteiger partial charge in [-0.3, -0.25) is 9.69 Å². The van der Waals surface area contributed by atoms with Crippen LogP contribution in [0.3, 0.4) is 0 Å². The number of furan rings is 1. The van der Waals surface area contributed by atoms with E-state index in [4.69, 9.17) is 4.42 Å². The Morgan fingerprint density at radius 1 is 1.56 bits per heavy atom. The van der Waals surface area contributed by atoms with E-state index in [1.807, 2.05) is 12.1 Å². The van der Waals surface area contributed by atoms with Crippen molar-refractivity contribution in [3.63, 3.8) is 0 Å². The van der Waals surface area contributed by atoms with E-state index in [0.717, 1.165) is 44.4 Å². The summed E-state index contributed by atoms with van der Waals surface area (Å²) in [5.74, 6) is 0.174. The fourth-order valence-corrected chi connectivity index (χ4v) is 2.85. The van der Waals surface area contributed by atoms with Crippen LogP contribution in [-0.4, -0.2) is 28.6 Å². The Morgan fingerprint density at radius 2 is 2.39 bits per heavy atom. The van der Waals surface area contributed by atoms with Crippen LogP contribution >= 0.6 is 0 Å². The number of hydrogen-bond donors (Lipinski definition) is 1. The molecule has 2 heterocycles. The number of carboxylic acids is 1. The highest BCUT2D eigenvalue weighted by molar-refractivity contribution is 5.73. The molecular weight excluding hydrogens is 230 g/mol. The molecule has 0 saturated carbocycles. The maximum absolute atomic E-state index is 11.4. The molecule has 0 aromatic carbocycles. The van der Waals surface area contributed by atoms with Gasteiger partial charge in [-0.05, 0) is 37.9 Å². The normalized spacial score (nSPS) is 23.5. The molecule has 2 atom stereocenters. The Bertz CT molecular complexity index is 374. The number of aliphatic carboxylic acids is 1. The maximum atomic E-state index is 11.4. The molecule has 2 rings (SSSR count). The molecule has 0 spiro atoms. The third-order valence-corrected chi connectivity index (χ3v) is 3.74. The number of carboxylic acid groups (broad SMARTS) is 1. The summed E-state index contributed by atoms with van der Waals surface area (Å²) in [5, 5.41) is 9.40. The molecule has 0 aliphatic carbocycles. The molecule has 1 N–H and O–H groups in total. The SMILES string of the molecule is CCC(c1ccco1)N1CCCCCC1C(=O)O. The largest absolute Gasteiger partial charge is 0.480 e. The lowest BCUT2D eigenvalue weighted by atomic mass is 10.1. The zero-order chi connectivity index (χ0) is 13.0. The molecule has 1 saturated heterocycles. The predicted molar refractivity (Wildman–Crippen MR) is 68.3 cm³/mol. The lowest BCUT2D eigenvalue weighted by Crippen LogP contribution is -2.42. The quantitative estimate of drug-likeness (QED) is 0.893. The number of rotatable bonds is 4. The van der Waals surface area contributed by atoms with Gasteiger partial charge in [0.25, 0.3) is 0 Å². The van der Waals surface area contributed by atoms with Gasteiger partial charge >= 0.3 is 5.97 Å². The van der Waals surface area contributed by atoms with Gasteiger partial charge in [0.2, 0.25) is 0 Å². The second kappa shape index (κ2) is 6.05. The van der Waals surface area contributed by atoms with Gasteiger partial charge < -0.3 is 9.52 Å². The monoisotopic (exact) mass is 251 g/mol. The minimum absolute atomic E-state index is 0.0826. The first kappa shape index (κ1) is 13.1. The van der Waals surface area contributed by atoms with Gasteiger partial charge in [-0.2, -0.15) is 0 Å². The molecule has 1 aliphatic heterocycles. The van der Waals surface area contributed by atoms with Gasteiger partial charge in [-0.25, -0.2) is 0 Å². The molecule has 1 aliphatic rings. The summed E-state index contributed by atoms with van der Waals surface area (Å²) in [7, 11) is 0. The zero-order valence-electron chi connectivity index (χ0n) is 10.8. The van der Waals surface area contributed by atoms with Gasteiger partial charge in [0.1, 0.15) is 11.8 Å². The minimum Gasteiger partial charge on any atom is -0.480 e. The van der Waals surface area contributed by atoms with Crippen LogP contribution in [0.2, 0.25) is 0 Å². The highest BCUT2D eigenvalue weighted by Crippen LogP contribution is 2.30. The summed E-state index contributed by atoms with van der Waals surface area (Å²) in [5.41, 5.74) is 0. The van der Waals surface area contributed by atoms with Crippen molar-refractivity contribution in [2.45, 2.75) is 51.1 Å². The Balaban J connectivity index is 2.22. The van der Waals surface area contributed by atoms with Crippen LogP contribution < -0.4 is 0 Å². The maximum Gasteiger partial charge on any atom is 0.320 e. The van der Waals surface area contributed by atoms with Crippen molar-refractivity contribution in [3.8, 4) is 0 Å². The Labute approximate surface area is 108 Å². The summed E-state index contributed by atoms with van der Waals surface area (Å²) in [6.45, 7) is 2.92. The minimum atomic E-state index is -0.707. The average Bonchev–Trinajstić information content (AvgIpc) is 2.75. The van der Waals surface area contributed by atoms with Crippen molar-refractivity contribution in [1.82, 2.24) is 4.90 Å². The predicted octanol–water partition coefficient (Wildman–Crippen LogP) is 3.06. The Morgan fingerprint density at radius 3 is 3.00 bits per heavy atom. The van der Waals surface area contributed by atoms with Crippen molar-refractivity contribution >= 4 is 5.97 Å². The van der Waals surface area contributed by atoms with Crippen LogP contribution in [0.1, 0.15) is 50.8 Å². The fourth-order valence-electron chi connectivity index (χ4n) is 2.85. The van der Waals surface area contributed by atoms with Crippen LogP contribution in [-0.2, 0) is 4.79 Å². The van der Waals surface area contributed by atoms with Crippen molar-refractivity contribution in [1.29, 1.82) is 0 Å². The molecule has 0 amide bonds. The number of hydrogen-bond acceptors (Lipinski definition) is 3. The molecule has 1 aromatic rings.